The largest absolute Gasteiger partial charge is 0.468 e. The second-order valence-electron chi connectivity index (χ2n) is 6.65. The summed E-state index contributed by atoms with van der Waals surface area (Å²) in [5.41, 5.74) is 0.765. The minimum atomic E-state index is -3.51. The summed E-state index contributed by atoms with van der Waals surface area (Å²) in [6.07, 6.45) is 0. The first-order chi connectivity index (χ1) is 13.9. The fourth-order valence-corrected chi connectivity index (χ4v) is 5.29. The summed E-state index contributed by atoms with van der Waals surface area (Å²) < 4.78 is 33.8. The quantitative estimate of drug-likeness (QED) is 0.468. The van der Waals surface area contributed by atoms with Crippen molar-refractivity contribution in [3.63, 3.8) is 0 Å². The molecule has 0 bridgehead atoms. The van der Waals surface area contributed by atoms with Crippen molar-refractivity contribution in [1.82, 2.24) is 24.0 Å². The first kappa shape index (κ1) is 21.8. The number of carbonyl (C=O) groups is 1. The molecule has 0 atom stereocenters. The lowest BCUT2D eigenvalue weighted by Crippen LogP contribution is -2.46. The van der Waals surface area contributed by atoms with Crippen molar-refractivity contribution in [2.75, 3.05) is 46.1 Å². The van der Waals surface area contributed by atoms with Gasteiger partial charge in [-0.2, -0.15) is 4.31 Å². The van der Waals surface area contributed by atoms with Gasteiger partial charge in [0.05, 0.1) is 17.8 Å². The molecule has 0 radical (unpaired) electrons. The number of likely N-dealkylation sites (N-methyl/N-ethyl adjacent to an activating group) is 1. The van der Waals surface area contributed by atoms with Gasteiger partial charge in [0.2, 0.25) is 10.0 Å². The molecule has 11 heteroatoms. The lowest BCUT2D eigenvalue weighted by Gasteiger charge is -2.31. The van der Waals surface area contributed by atoms with Gasteiger partial charge >= 0.3 is 5.97 Å². The van der Waals surface area contributed by atoms with E-state index in [2.05, 4.69) is 19.8 Å². The van der Waals surface area contributed by atoms with Crippen LogP contribution in [0.3, 0.4) is 0 Å². The van der Waals surface area contributed by atoms with Crippen LogP contribution in [0.25, 0.3) is 11.4 Å². The predicted molar refractivity (Wildman–Crippen MR) is 110 cm³/mol. The minimum Gasteiger partial charge on any atom is -0.468 e. The lowest BCUT2D eigenvalue weighted by molar-refractivity contribution is -0.137. The van der Waals surface area contributed by atoms with Crippen LogP contribution in [0.2, 0.25) is 0 Å². The van der Waals surface area contributed by atoms with Gasteiger partial charge in [-0.3, -0.25) is 4.79 Å². The lowest BCUT2D eigenvalue weighted by atomic mass is 10.2. The number of sulfonamides is 1. The number of nitrogens with zero attached hydrogens (tertiary/aromatic N) is 5. The van der Waals surface area contributed by atoms with Crippen molar-refractivity contribution in [2.24, 2.45) is 0 Å². The Balaban J connectivity index is 1.80. The summed E-state index contributed by atoms with van der Waals surface area (Å²) >= 11 is 1.25. The van der Waals surface area contributed by atoms with Gasteiger partial charge in [-0.15, -0.1) is 10.2 Å². The van der Waals surface area contributed by atoms with Crippen LogP contribution in [0.5, 0.6) is 0 Å². The first-order valence-corrected chi connectivity index (χ1v) is 11.7. The van der Waals surface area contributed by atoms with Crippen LogP contribution in [0.15, 0.2) is 34.3 Å². The van der Waals surface area contributed by atoms with Crippen molar-refractivity contribution in [3.05, 3.63) is 24.3 Å². The number of thioether (sulfide) groups is 1. The Kier molecular flexibility index (Phi) is 6.93. The zero-order valence-corrected chi connectivity index (χ0v) is 18.4. The molecule has 3 rings (SSSR count). The number of aromatic nitrogens is 3. The maximum absolute atomic E-state index is 12.9. The van der Waals surface area contributed by atoms with Crippen LogP contribution in [0.1, 0.15) is 6.92 Å². The van der Waals surface area contributed by atoms with E-state index in [1.54, 1.807) is 24.3 Å². The van der Waals surface area contributed by atoms with E-state index in [4.69, 9.17) is 0 Å². The topological polar surface area (TPSA) is 97.6 Å². The highest BCUT2D eigenvalue weighted by atomic mass is 32.2. The standard InChI is InChI=1S/C18H25N5O4S2/c1-4-23-17(19-20-18(23)28-13-16(24)27-3)14-5-7-15(8-6-14)29(25,26)22-11-9-21(2)10-12-22/h5-8H,4,9-13H2,1-3H3. The third-order valence-corrected chi connectivity index (χ3v) is 7.65. The summed E-state index contributed by atoms with van der Waals surface area (Å²) in [6.45, 7) is 5.01. The van der Waals surface area contributed by atoms with E-state index in [1.807, 2.05) is 18.5 Å². The van der Waals surface area contributed by atoms with Gasteiger partial charge in [0.1, 0.15) is 0 Å². The van der Waals surface area contributed by atoms with Crippen molar-refractivity contribution in [2.45, 2.75) is 23.5 Å². The highest BCUT2D eigenvalue weighted by Crippen LogP contribution is 2.26. The van der Waals surface area contributed by atoms with Crippen LogP contribution in [-0.4, -0.2) is 84.4 Å². The molecule has 1 saturated heterocycles. The number of hydrogen-bond donors (Lipinski definition) is 0. The maximum Gasteiger partial charge on any atom is 0.316 e. The highest BCUT2D eigenvalue weighted by Gasteiger charge is 2.27. The molecule has 1 aromatic heterocycles. The number of rotatable bonds is 7. The second-order valence-corrected chi connectivity index (χ2v) is 9.53. The Hall–Kier alpha value is -1.95. The summed E-state index contributed by atoms with van der Waals surface area (Å²) in [5, 5.41) is 9.00. The minimum absolute atomic E-state index is 0.150. The van der Waals surface area contributed by atoms with Crippen LogP contribution >= 0.6 is 11.8 Å². The van der Waals surface area contributed by atoms with E-state index < -0.39 is 10.0 Å². The molecule has 9 nitrogen and oxygen atoms in total. The first-order valence-electron chi connectivity index (χ1n) is 9.28. The number of hydrogen-bond acceptors (Lipinski definition) is 8. The Labute approximate surface area is 175 Å². The molecule has 1 fully saturated rings. The van der Waals surface area contributed by atoms with Crippen molar-refractivity contribution in [1.29, 1.82) is 0 Å². The predicted octanol–water partition coefficient (Wildman–Crippen LogP) is 1.17. The molecule has 0 spiro atoms. The summed E-state index contributed by atoms with van der Waals surface area (Å²) in [4.78, 5) is 13.8. The number of piperazine rings is 1. The summed E-state index contributed by atoms with van der Waals surface area (Å²) in [6, 6.07) is 6.71. The molecule has 0 saturated carbocycles. The summed E-state index contributed by atoms with van der Waals surface area (Å²) in [5.74, 6) is 0.445. The molecular weight excluding hydrogens is 414 g/mol. The van der Waals surface area contributed by atoms with Crippen LogP contribution < -0.4 is 0 Å². The number of ether oxygens (including phenoxy) is 1. The second kappa shape index (κ2) is 9.24. The van der Waals surface area contributed by atoms with Crippen LogP contribution in [-0.2, 0) is 26.1 Å². The highest BCUT2D eigenvalue weighted by molar-refractivity contribution is 7.99. The summed E-state index contributed by atoms with van der Waals surface area (Å²) in [7, 11) is -0.177. The Morgan fingerprint density at radius 3 is 2.38 bits per heavy atom. The fraction of sp³-hybridized carbons (Fsp3) is 0.500. The Bertz CT molecular complexity index is 951. The average molecular weight is 440 g/mol. The number of carbonyl (C=O) groups excluding carboxylic acids is 1. The number of methoxy groups -OCH3 is 1. The van der Waals surface area contributed by atoms with Crippen molar-refractivity contribution < 1.29 is 17.9 Å². The van der Waals surface area contributed by atoms with Gasteiger partial charge in [0.15, 0.2) is 11.0 Å². The molecule has 0 unspecified atom stereocenters. The van der Waals surface area contributed by atoms with E-state index in [-0.39, 0.29) is 16.6 Å². The van der Waals surface area contributed by atoms with E-state index in [9.17, 15) is 13.2 Å². The fourth-order valence-electron chi connectivity index (χ4n) is 3.03. The Morgan fingerprint density at radius 1 is 1.14 bits per heavy atom. The van der Waals surface area contributed by atoms with E-state index in [1.165, 1.54) is 23.2 Å². The number of benzene rings is 1. The van der Waals surface area contributed by atoms with E-state index >= 15 is 0 Å². The molecular formula is C18H25N5O4S2. The molecule has 0 amide bonds. The van der Waals surface area contributed by atoms with Gasteiger partial charge in [-0.1, -0.05) is 11.8 Å². The van der Waals surface area contributed by atoms with Crippen LogP contribution in [0.4, 0.5) is 0 Å². The third kappa shape index (κ3) is 4.80. The normalized spacial score (nSPS) is 16.1. The average Bonchev–Trinajstić information content (AvgIpc) is 3.15. The van der Waals surface area contributed by atoms with Gasteiger partial charge < -0.3 is 14.2 Å². The van der Waals surface area contributed by atoms with Gasteiger partial charge in [0, 0.05) is 38.3 Å². The van der Waals surface area contributed by atoms with Crippen molar-refractivity contribution in [3.8, 4) is 11.4 Å². The molecule has 2 heterocycles. The van der Waals surface area contributed by atoms with Crippen molar-refractivity contribution >= 4 is 27.8 Å². The monoisotopic (exact) mass is 439 g/mol. The van der Waals surface area contributed by atoms with E-state index in [0.29, 0.717) is 30.6 Å². The molecule has 1 aromatic carbocycles. The molecule has 158 valence electrons. The molecule has 29 heavy (non-hydrogen) atoms. The van der Waals surface area contributed by atoms with E-state index in [0.717, 1.165) is 18.7 Å². The van der Waals surface area contributed by atoms with Gasteiger partial charge in [0.25, 0.3) is 0 Å². The molecule has 2 aromatic rings. The smallest absolute Gasteiger partial charge is 0.316 e. The van der Waals surface area contributed by atoms with Gasteiger partial charge in [-0.05, 0) is 38.2 Å². The molecule has 1 aliphatic rings. The molecule has 0 aliphatic carbocycles. The molecule has 1 aliphatic heterocycles. The van der Waals surface area contributed by atoms with Crippen LogP contribution in [0, 0.1) is 0 Å². The zero-order valence-electron chi connectivity index (χ0n) is 16.7. The SMILES string of the molecule is CCn1c(SCC(=O)OC)nnc1-c1ccc(S(=O)(=O)N2CCN(C)CC2)cc1. The number of esters is 1. The Morgan fingerprint density at radius 2 is 1.79 bits per heavy atom. The van der Waals surface area contributed by atoms with Gasteiger partial charge in [-0.25, -0.2) is 8.42 Å². The molecule has 0 N–H and O–H groups in total. The maximum atomic E-state index is 12.9. The third-order valence-electron chi connectivity index (χ3n) is 4.79. The zero-order chi connectivity index (χ0) is 21.0.